The van der Waals surface area contributed by atoms with Gasteiger partial charge in [0.25, 0.3) is 0 Å². The zero-order valence-electron chi connectivity index (χ0n) is 12.9. The Hall–Kier alpha value is -1.87. The number of nitrogens with one attached hydrogen (secondary N) is 1. The van der Waals surface area contributed by atoms with Crippen LogP contribution in [0, 0.1) is 5.92 Å². The van der Waals surface area contributed by atoms with Crippen LogP contribution in [-0.4, -0.2) is 64.4 Å². The highest BCUT2D eigenvalue weighted by Crippen LogP contribution is 2.30. The number of amides is 1. The van der Waals surface area contributed by atoms with E-state index in [-0.39, 0.29) is 24.9 Å². The summed E-state index contributed by atoms with van der Waals surface area (Å²) in [5, 5.41) is 9.45. The van der Waals surface area contributed by atoms with Crippen molar-refractivity contribution in [2.45, 2.75) is 37.2 Å². The quantitative estimate of drug-likeness (QED) is 0.470. The van der Waals surface area contributed by atoms with Crippen molar-refractivity contribution < 1.29 is 14.7 Å². The van der Waals surface area contributed by atoms with Gasteiger partial charge in [-0.1, -0.05) is 12.7 Å². The van der Waals surface area contributed by atoms with Crippen LogP contribution in [0.25, 0.3) is 0 Å². The van der Waals surface area contributed by atoms with Crippen LogP contribution in [0.5, 0.6) is 0 Å². The van der Waals surface area contributed by atoms with E-state index in [1.54, 1.807) is 6.20 Å². The maximum Gasteiger partial charge on any atom is 0.325 e. The van der Waals surface area contributed by atoms with Crippen molar-refractivity contribution in [2.24, 2.45) is 17.4 Å². The minimum atomic E-state index is -1.45. The number of aliphatic carboxylic acids is 1. The van der Waals surface area contributed by atoms with Crippen molar-refractivity contribution in [2.75, 3.05) is 13.1 Å². The lowest BCUT2D eigenvalue weighted by molar-refractivity contribution is -0.144. The van der Waals surface area contributed by atoms with E-state index in [4.69, 9.17) is 19.3 Å². The first-order chi connectivity index (χ1) is 10.9. The van der Waals surface area contributed by atoms with Gasteiger partial charge in [-0.3, -0.25) is 9.59 Å². The van der Waals surface area contributed by atoms with Crippen molar-refractivity contribution in [3.05, 3.63) is 18.2 Å². The van der Waals surface area contributed by atoms with Gasteiger partial charge in [-0.25, -0.2) is 4.98 Å². The lowest BCUT2D eigenvalue weighted by Crippen LogP contribution is -2.55. The molecule has 1 amide bonds. The van der Waals surface area contributed by atoms with Crippen LogP contribution in [0.4, 0.5) is 0 Å². The van der Waals surface area contributed by atoms with Gasteiger partial charge in [0.2, 0.25) is 5.91 Å². The molecular weight excluding hydrogens is 297 g/mol. The summed E-state index contributed by atoms with van der Waals surface area (Å²) in [5.41, 5.74) is 11.3. The molecule has 1 aliphatic heterocycles. The number of likely N-dealkylation sites (tertiary alicyclic amines) is 1. The number of aromatic nitrogens is 2. The zero-order chi connectivity index (χ0) is 17.0. The lowest BCUT2D eigenvalue weighted by Gasteiger charge is -2.25. The summed E-state index contributed by atoms with van der Waals surface area (Å²) in [6.45, 7) is 0.255. The summed E-state index contributed by atoms with van der Waals surface area (Å²) in [6, 6.07) is -0.762. The molecule has 2 radical (unpaired) electrons. The topological polar surface area (TPSA) is 138 Å². The van der Waals surface area contributed by atoms with Crippen molar-refractivity contribution in [3.63, 3.8) is 0 Å². The molecule has 0 aromatic carbocycles. The predicted molar refractivity (Wildman–Crippen MR) is 84.7 cm³/mol. The van der Waals surface area contributed by atoms with E-state index in [2.05, 4.69) is 9.97 Å². The number of rotatable bonds is 7. The predicted octanol–water partition coefficient (Wildman–Crippen LogP) is -1.11. The van der Waals surface area contributed by atoms with Gasteiger partial charge in [0.05, 0.1) is 20.2 Å². The van der Waals surface area contributed by atoms with Gasteiger partial charge in [0, 0.05) is 37.3 Å². The zero-order valence-corrected chi connectivity index (χ0v) is 12.9. The van der Waals surface area contributed by atoms with Gasteiger partial charge < -0.3 is 26.5 Å². The molecule has 1 aromatic rings. The van der Waals surface area contributed by atoms with E-state index in [0.29, 0.717) is 25.6 Å². The molecule has 1 fully saturated rings. The van der Waals surface area contributed by atoms with Crippen molar-refractivity contribution in [1.29, 1.82) is 0 Å². The van der Waals surface area contributed by atoms with E-state index in [1.807, 2.05) is 0 Å². The molecule has 6 N–H and O–H groups in total. The number of hydrogen-bond acceptors (Lipinski definition) is 5. The number of hydrogen-bond donors (Lipinski definition) is 4. The summed E-state index contributed by atoms with van der Waals surface area (Å²) in [7, 11) is 5.49. The van der Waals surface area contributed by atoms with Gasteiger partial charge in [-0.15, -0.1) is 0 Å². The highest BCUT2D eigenvalue weighted by Gasteiger charge is 2.50. The number of aromatic amines is 1. The van der Waals surface area contributed by atoms with Crippen molar-refractivity contribution in [1.82, 2.24) is 14.9 Å². The van der Waals surface area contributed by atoms with Crippen LogP contribution < -0.4 is 11.5 Å². The first kappa shape index (κ1) is 17.5. The third kappa shape index (κ3) is 3.73. The molecule has 8 nitrogen and oxygen atoms in total. The second-order valence-electron chi connectivity index (χ2n) is 6.08. The van der Waals surface area contributed by atoms with Crippen LogP contribution in [-0.2, 0) is 16.0 Å². The Morgan fingerprint density at radius 2 is 2.35 bits per heavy atom. The summed E-state index contributed by atoms with van der Waals surface area (Å²) in [4.78, 5) is 32.3. The Balaban J connectivity index is 2.04. The molecule has 3 atom stereocenters. The normalized spacial score (nSPS) is 25.5. The Bertz CT molecular complexity index is 553. The van der Waals surface area contributed by atoms with E-state index in [1.165, 1.54) is 11.2 Å². The summed E-state index contributed by atoms with van der Waals surface area (Å²) < 4.78 is 0. The van der Waals surface area contributed by atoms with E-state index < -0.39 is 17.6 Å². The number of nitrogens with zero attached hydrogens (tertiary/aromatic N) is 2. The number of imidazole rings is 1. The van der Waals surface area contributed by atoms with E-state index in [9.17, 15) is 14.7 Å². The van der Waals surface area contributed by atoms with Gasteiger partial charge in [0.1, 0.15) is 5.54 Å². The van der Waals surface area contributed by atoms with E-state index >= 15 is 0 Å². The smallest absolute Gasteiger partial charge is 0.325 e. The van der Waals surface area contributed by atoms with E-state index in [0.717, 1.165) is 5.69 Å². The standard InChI is InChI=1S/C14H22BN5O3/c15-3-1-2-9-6-20(7-14(9,17)13(22)23)12(21)11(16)4-10-5-18-8-19-10/h5,8-9,11H,1-4,6-7,16-17H2,(H,18,19)(H,22,23)/t9-,11-,14-/m0/s1. The average molecular weight is 319 g/mol. The summed E-state index contributed by atoms with van der Waals surface area (Å²) in [6.07, 6.45) is 5.12. The molecule has 124 valence electrons. The third-order valence-corrected chi connectivity index (χ3v) is 4.40. The summed E-state index contributed by atoms with van der Waals surface area (Å²) >= 11 is 0. The fourth-order valence-corrected chi connectivity index (χ4v) is 3.02. The minimum absolute atomic E-state index is 0.0346. The summed E-state index contributed by atoms with van der Waals surface area (Å²) in [5.74, 6) is -1.73. The molecule has 0 bridgehead atoms. The third-order valence-electron chi connectivity index (χ3n) is 4.40. The lowest BCUT2D eigenvalue weighted by atomic mass is 9.83. The minimum Gasteiger partial charge on any atom is -0.480 e. The Morgan fingerprint density at radius 3 is 2.91 bits per heavy atom. The first-order valence-electron chi connectivity index (χ1n) is 7.62. The average Bonchev–Trinajstić information content (AvgIpc) is 3.13. The highest BCUT2D eigenvalue weighted by molar-refractivity contribution is 6.08. The fraction of sp³-hybridized carbons (Fsp3) is 0.643. The molecule has 0 spiro atoms. The molecule has 1 aromatic heterocycles. The number of carbonyl (C=O) groups is 2. The van der Waals surface area contributed by atoms with Crippen molar-refractivity contribution in [3.8, 4) is 0 Å². The van der Waals surface area contributed by atoms with Crippen LogP contribution >= 0.6 is 0 Å². The molecule has 9 heteroatoms. The first-order valence-corrected chi connectivity index (χ1v) is 7.62. The second kappa shape index (κ2) is 7.14. The van der Waals surface area contributed by atoms with Gasteiger partial charge in [-0.05, 0) is 6.42 Å². The Morgan fingerprint density at radius 1 is 1.61 bits per heavy atom. The van der Waals surface area contributed by atoms with Crippen LogP contribution in [0.3, 0.4) is 0 Å². The van der Waals surface area contributed by atoms with Gasteiger partial charge in [-0.2, -0.15) is 0 Å². The van der Waals surface area contributed by atoms with Crippen LogP contribution in [0.15, 0.2) is 12.5 Å². The second-order valence-corrected chi connectivity index (χ2v) is 6.08. The monoisotopic (exact) mass is 319 g/mol. The Kier molecular flexibility index (Phi) is 5.43. The highest BCUT2D eigenvalue weighted by atomic mass is 16.4. The molecule has 1 saturated heterocycles. The SMILES string of the molecule is [B]CCC[C@H]1CN(C(=O)[C@@H](N)Cc2cnc[nH]2)C[C@@]1(N)C(=O)O. The number of carboxylic acid groups (broad SMARTS) is 1. The maximum absolute atomic E-state index is 12.5. The molecule has 23 heavy (non-hydrogen) atoms. The molecule has 0 unspecified atom stereocenters. The molecule has 0 aliphatic carbocycles. The number of nitrogens with two attached hydrogens (primary N) is 2. The fourth-order valence-electron chi connectivity index (χ4n) is 3.02. The molecule has 1 aliphatic rings. The van der Waals surface area contributed by atoms with Gasteiger partial charge in [0.15, 0.2) is 0 Å². The molecular formula is C14H22BN5O3. The number of H-pyrrole nitrogens is 1. The Labute approximate surface area is 136 Å². The van der Waals surface area contributed by atoms with Crippen LogP contribution in [0.1, 0.15) is 18.5 Å². The van der Waals surface area contributed by atoms with Crippen molar-refractivity contribution >= 4 is 19.7 Å². The molecule has 0 saturated carbocycles. The molecule has 2 rings (SSSR count). The maximum atomic E-state index is 12.5. The largest absolute Gasteiger partial charge is 0.480 e. The molecule has 2 heterocycles. The number of carbonyl (C=O) groups excluding carboxylic acids is 1. The van der Waals surface area contributed by atoms with Crippen LogP contribution in [0.2, 0.25) is 6.32 Å². The number of carboxylic acids is 1. The van der Waals surface area contributed by atoms with Gasteiger partial charge >= 0.3 is 5.97 Å².